The molecule has 0 saturated carbocycles. The lowest BCUT2D eigenvalue weighted by atomic mass is 10.4. The van der Waals surface area contributed by atoms with E-state index in [4.69, 9.17) is 10.5 Å². The van der Waals surface area contributed by atoms with Gasteiger partial charge >= 0.3 is 0 Å². The summed E-state index contributed by atoms with van der Waals surface area (Å²) in [6.07, 6.45) is 2.58. The first kappa shape index (κ1) is 14.4. The molecule has 102 valence electrons. The van der Waals surface area contributed by atoms with Crippen LogP contribution in [-0.2, 0) is 17.7 Å². The van der Waals surface area contributed by atoms with Gasteiger partial charge < -0.3 is 20.4 Å². The van der Waals surface area contributed by atoms with E-state index < -0.39 is 0 Å². The first-order valence-electron chi connectivity index (χ1n) is 6.09. The molecule has 0 aromatic carbocycles. The number of nitrogens with zero attached hydrogens (tertiary/aromatic N) is 4. The van der Waals surface area contributed by atoms with Crippen LogP contribution in [0.25, 0.3) is 0 Å². The maximum absolute atomic E-state index is 5.76. The summed E-state index contributed by atoms with van der Waals surface area (Å²) in [6.45, 7) is 5.97. The number of nitrogens with two attached hydrogens (primary N) is 1. The molecule has 18 heavy (non-hydrogen) atoms. The minimum absolute atomic E-state index is 0.153. The maximum Gasteiger partial charge on any atom is 0.188 e. The molecule has 1 unspecified atom stereocenters. The van der Waals surface area contributed by atoms with Crippen molar-refractivity contribution in [1.29, 1.82) is 0 Å². The fraction of sp³-hybridized carbons (Fsp3) is 0.727. The lowest BCUT2D eigenvalue weighted by Crippen LogP contribution is -2.40. The van der Waals surface area contributed by atoms with E-state index >= 15 is 0 Å². The molecule has 1 atom stereocenters. The monoisotopic (exact) mass is 254 g/mol. The smallest absolute Gasteiger partial charge is 0.188 e. The van der Waals surface area contributed by atoms with Crippen LogP contribution in [-0.4, -0.2) is 47.0 Å². The number of nitrogens with one attached hydrogen (secondary N) is 1. The summed E-state index contributed by atoms with van der Waals surface area (Å²) in [4.78, 5) is 4.25. The molecule has 0 spiro atoms. The molecule has 0 aliphatic rings. The van der Waals surface area contributed by atoms with Crippen molar-refractivity contribution >= 4 is 5.96 Å². The van der Waals surface area contributed by atoms with Crippen LogP contribution in [0.3, 0.4) is 0 Å². The molecule has 0 bridgehead atoms. The molecule has 0 radical (unpaired) electrons. The van der Waals surface area contributed by atoms with Gasteiger partial charge in [-0.2, -0.15) is 0 Å². The van der Waals surface area contributed by atoms with Gasteiger partial charge in [-0.1, -0.05) is 6.92 Å². The summed E-state index contributed by atoms with van der Waals surface area (Å²) in [5.41, 5.74) is 5.76. The number of rotatable bonds is 7. The third-order valence-electron chi connectivity index (χ3n) is 2.45. The van der Waals surface area contributed by atoms with Crippen molar-refractivity contribution in [3.63, 3.8) is 0 Å². The van der Waals surface area contributed by atoms with E-state index in [2.05, 4.69) is 20.5 Å². The van der Waals surface area contributed by atoms with Gasteiger partial charge in [0.2, 0.25) is 0 Å². The number of ether oxygens (including phenoxy) is 1. The largest absolute Gasteiger partial charge is 0.383 e. The predicted octanol–water partition coefficient (Wildman–Crippen LogP) is -0.220. The topological polar surface area (TPSA) is 90.4 Å². The Kier molecular flexibility index (Phi) is 6.13. The summed E-state index contributed by atoms with van der Waals surface area (Å²) in [6, 6.07) is 0.153. The van der Waals surface area contributed by atoms with Crippen LogP contribution in [0, 0.1) is 0 Å². The predicted molar refractivity (Wildman–Crippen MR) is 70.4 cm³/mol. The Hall–Kier alpha value is -1.63. The van der Waals surface area contributed by atoms with E-state index in [0.29, 0.717) is 19.1 Å². The van der Waals surface area contributed by atoms with Gasteiger partial charge in [-0.05, 0) is 6.92 Å². The van der Waals surface area contributed by atoms with E-state index in [1.54, 1.807) is 13.4 Å². The van der Waals surface area contributed by atoms with Crippen LogP contribution >= 0.6 is 0 Å². The van der Waals surface area contributed by atoms with Gasteiger partial charge in [-0.25, -0.2) is 0 Å². The second-order valence-corrected chi connectivity index (χ2v) is 4.06. The molecule has 1 aromatic rings. The molecule has 1 heterocycles. The number of aryl methyl sites for hydroxylation is 1. The highest BCUT2D eigenvalue weighted by Gasteiger charge is 2.02. The van der Waals surface area contributed by atoms with E-state index in [0.717, 1.165) is 18.8 Å². The summed E-state index contributed by atoms with van der Waals surface area (Å²) < 4.78 is 6.99. The van der Waals surface area contributed by atoms with Gasteiger partial charge in [0.05, 0.1) is 13.2 Å². The summed E-state index contributed by atoms with van der Waals surface area (Å²) in [7, 11) is 1.66. The SMILES string of the molecule is CCc1nncn1CCN=C(N)NC(C)COC. The van der Waals surface area contributed by atoms with Crippen LogP contribution in [0.2, 0.25) is 0 Å². The molecule has 0 saturated heterocycles. The number of methoxy groups -OCH3 is 1. The van der Waals surface area contributed by atoms with E-state index in [9.17, 15) is 0 Å². The van der Waals surface area contributed by atoms with Crippen molar-refractivity contribution in [2.75, 3.05) is 20.3 Å². The van der Waals surface area contributed by atoms with Crippen LogP contribution in [0.15, 0.2) is 11.3 Å². The van der Waals surface area contributed by atoms with Gasteiger partial charge in [-0.15, -0.1) is 10.2 Å². The number of aromatic nitrogens is 3. The Bertz CT molecular complexity index is 375. The standard InChI is InChI=1S/C11H22N6O/c1-4-10-16-14-8-17(10)6-5-13-11(12)15-9(2)7-18-3/h8-9H,4-7H2,1-3H3,(H3,12,13,15). The lowest BCUT2D eigenvalue weighted by molar-refractivity contribution is 0.179. The molecule has 7 nitrogen and oxygen atoms in total. The second-order valence-electron chi connectivity index (χ2n) is 4.06. The Labute approximate surface area is 107 Å². The Morgan fingerprint density at radius 1 is 1.67 bits per heavy atom. The first-order valence-corrected chi connectivity index (χ1v) is 6.09. The minimum Gasteiger partial charge on any atom is -0.383 e. The second kappa shape index (κ2) is 7.65. The van der Waals surface area contributed by atoms with Crippen molar-refractivity contribution in [3.8, 4) is 0 Å². The van der Waals surface area contributed by atoms with Crippen molar-refractivity contribution in [2.45, 2.75) is 32.9 Å². The number of hydrogen-bond acceptors (Lipinski definition) is 4. The zero-order valence-electron chi connectivity index (χ0n) is 11.3. The summed E-state index contributed by atoms with van der Waals surface area (Å²) in [5.74, 6) is 1.40. The van der Waals surface area contributed by atoms with E-state index in [1.807, 2.05) is 18.4 Å². The van der Waals surface area contributed by atoms with Crippen molar-refractivity contribution < 1.29 is 4.74 Å². The molecular formula is C11H22N6O. The summed E-state index contributed by atoms with van der Waals surface area (Å²) >= 11 is 0. The number of hydrogen-bond donors (Lipinski definition) is 2. The van der Waals surface area contributed by atoms with Gasteiger partial charge in [0, 0.05) is 26.1 Å². The molecule has 1 aromatic heterocycles. The fourth-order valence-corrected chi connectivity index (χ4v) is 1.61. The Morgan fingerprint density at radius 2 is 2.44 bits per heavy atom. The quantitative estimate of drug-likeness (QED) is 0.518. The molecule has 0 aliphatic heterocycles. The normalized spacial score (nSPS) is 13.6. The first-order chi connectivity index (χ1) is 8.67. The molecule has 0 fully saturated rings. The summed E-state index contributed by atoms with van der Waals surface area (Å²) in [5, 5.41) is 10.9. The van der Waals surface area contributed by atoms with Crippen LogP contribution < -0.4 is 11.1 Å². The molecular weight excluding hydrogens is 232 g/mol. The van der Waals surface area contributed by atoms with E-state index in [-0.39, 0.29) is 6.04 Å². The minimum atomic E-state index is 0.153. The molecule has 0 amide bonds. The average Bonchev–Trinajstić information content (AvgIpc) is 2.76. The number of aliphatic imine (C=N–C) groups is 1. The zero-order valence-corrected chi connectivity index (χ0v) is 11.3. The molecule has 3 N–H and O–H groups in total. The van der Waals surface area contributed by atoms with Crippen molar-refractivity contribution in [1.82, 2.24) is 20.1 Å². The number of guanidine groups is 1. The van der Waals surface area contributed by atoms with Crippen LogP contribution in [0.5, 0.6) is 0 Å². The molecule has 0 aliphatic carbocycles. The average molecular weight is 254 g/mol. The van der Waals surface area contributed by atoms with Crippen molar-refractivity contribution in [3.05, 3.63) is 12.2 Å². The lowest BCUT2D eigenvalue weighted by Gasteiger charge is -2.13. The van der Waals surface area contributed by atoms with Gasteiger partial charge in [0.25, 0.3) is 0 Å². The molecule has 7 heteroatoms. The van der Waals surface area contributed by atoms with Crippen molar-refractivity contribution in [2.24, 2.45) is 10.7 Å². The highest BCUT2D eigenvalue weighted by molar-refractivity contribution is 5.78. The highest BCUT2D eigenvalue weighted by Crippen LogP contribution is 1.95. The van der Waals surface area contributed by atoms with Gasteiger partial charge in [0.15, 0.2) is 5.96 Å². The zero-order chi connectivity index (χ0) is 13.4. The Balaban J connectivity index is 2.35. The third-order valence-corrected chi connectivity index (χ3v) is 2.45. The fourth-order valence-electron chi connectivity index (χ4n) is 1.61. The third kappa shape index (κ3) is 4.70. The van der Waals surface area contributed by atoms with Gasteiger partial charge in [0.1, 0.15) is 12.2 Å². The van der Waals surface area contributed by atoms with E-state index in [1.165, 1.54) is 0 Å². The Morgan fingerprint density at radius 3 is 3.11 bits per heavy atom. The van der Waals surface area contributed by atoms with Crippen LogP contribution in [0.4, 0.5) is 0 Å². The highest BCUT2D eigenvalue weighted by atomic mass is 16.5. The van der Waals surface area contributed by atoms with Gasteiger partial charge in [-0.3, -0.25) is 4.99 Å². The van der Waals surface area contributed by atoms with Crippen LogP contribution in [0.1, 0.15) is 19.7 Å². The maximum atomic E-state index is 5.76. The molecule has 1 rings (SSSR count).